The second-order valence-electron chi connectivity index (χ2n) is 4.14. The largest absolute Gasteiger partial charge is 0.436 e. The molecule has 3 nitrogen and oxygen atoms in total. The van der Waals surface area contributed by atoms with Crippen LogP contribution in [-0.4, -0.2) is 9.97 Å². The van der Waals surface area contributed by atoms with Crippen molar-refractivity contribution in [2.24, 2.45) is 0 Å². The zero-order valence-electron chi connectivity index (χ0n) is 9.77. The van der Waals surface area contributed by atoms with E-state index < -0.39 is 0 Å². The molecule has 0 atom stereocenters. The van der Waals surface area contributed by atoms with Gasteiger partial charge in [0.25, 0.3) is 0 Å². The van der Waals surface area contributed by atoms with E-state index in [2.05, 4.69) is 22.1 Å². The molecule has 0 aliphatic carbocycles. The number of oxazole rings is 1. The molecular formula is C14H12N2O. The number of hydrogen-bond donors (Lipinski definition) is 0. The fourth-order valence-electron chi connectivity index (χ4n) is 1.87. The normalized spacial score (nSPS) is 10.9. The van der Waals surface area contributed by atoms with E-state index in [9.17, 15) is 0 Å². The lowest BCUT2D eigenvalue weighted by Gasteiger charge is -1.95. The van der Waals surface area contributed by atoms with Gasteiger partial charge in [0.05, 0.1) is 5.56 Å². The van der Waals surface area contributed by atoms with Crippen LogP contribution in [0.4, 0.5) is 0 Å². The maximum Gasteiger partial charge on any atom is 0.228 e. The van der Waals surface area contributed by atoms with E-state index in [1.54, 1.807) is 12.4 Å². The number of fused-ring (bicyclic) bond motifs is 1. The molecule has 3 rings (SSSR count). The maximum atomic E-state index is 5.81. The van der Waals surface area contributed by atoms with Crippen molar-refractivity contribution < 1.29 is 4.42 Å². The summed E-state index contributed by atoms with van der Waals surface area (Å²) in [4.78, 5) is 8.61. The van der Waals surface area contributed by atoms with Crippen LogP contribution in [0.1, 0.15) is 11.1 Å². The fraction of sp³-hybridized carbons (Fsp3) is 0.143. The lowest BCUT2D eigenvalue weighted by molar-refractivity contribution is 0.617. The molecule has 0 spiro atoms. The van der Waals surface area contributed by atoms with Gasteiger partial charge in [-0.25, -0.2) is 4.98 Å². The van der Waals surface area contributed by atoms with E-state index in [1.807, 2.05) is 26.0 Å². The molecule has 0 N–H and O–H groups in total. The van der Waals surface area contributed by atoms with Gasteiger partial charge >= 0.3 is 0 Å². The second-order valence-corrected chi connectivity index (χ2v) is 4.14. The standard InChI is InChI=1S/C14H12N2O/c1-9-5-6-10(2)13-12(9)16-14(17-13)11-4-3-7-15-8-11/h3-8H,1-2H3. The number of pyridine rings is 1. The van der Waals surface area contributed by atoms with Crippen molar-refractivity contribution >= 4 is 11.1 Å². The van der Waals surface area contributed by atoms with Crippen molar-refractivity contribution in [3.63, 3.8) is 0 Å². The first kappa shape index (κ1) is 10.0. The predicted molar refractivity (Wildman–Crippen MR) is 66.7 cm³/mol. The molecule has 0 aliphatic rings. The average molecular weight is 224 g/mol. The molecule has 84 valence electrons. The van der Waals surface area contributed by atoms with Crippen LogP contribution in [0.5, 0.6) is 0 Å². The van der Waals surface area contributed by atoms with E-state index >= 15 is 0 Å². The molecule has 1 aromatic carbocycles. The van der Waals surface area contributed by atoms with Gasteiger partial charge < -0.3 is 4.42 Å². The number of hydrogen-bond acceptors (Lipinski definition) is 3. The fourth-order valence-corrected chi connectivity index (χ4v) is 1.87. The molecule has 0 radical (unpaired) electrons. The molecule has 17 heavy (non-hydrogen) atoms. The van der Waals surface area contributed by atoms with Crippen LogP contribution in [0.2, 0.25) is 0 Å². The molecule has 0 aliphatic heterocycles. The van der Waals surface area contributed by atoms with Crippen molar-refractivity contribution in [2.75, 3.05) is 0 Å². The van der Waals surface area contributed by atoms with Gasteiger partial charge in [0.1, 0.15) is 5.52 Å². The van der Waals surface area contributed by atoms with Gasteiger partial charge in [-0.15, -0.1) is 0 Å². The Morgan fingerprint density at radius 1 is 1.06 bits per heavy atom. The van der Waals surface area contributed by atoms with Crippen molar-refractivity contribution in [3.05, 3.63) is 47.8 Å². The minimum absolute atomic E-state index is 0.630. The van der Waals surface area contributed by atoms with Crippen LogP contribution in [0.25, 0.3) is 22.6 Å². The third-order valence-corrected chi connectivity index (χ3v) is 2.85. The van der Waals surface area contributed by atoms with Gasteiger partial charge in [0, 0.05) is 12.4 Å². The third kappa shape index (κ3) is 1.60. The summed E-state index contributed by atoms with van der Waals surface area (Å²) in [7, 11) is 0. The molecule has 0 fully saturated rings. The molecule has 0 amide bonds. The van der Waals surface area contributed by atoms with Gasteiger partial charge in [-0.3, -0.25) is 4.98 Å². The Kier molecular flexibility index (Phi) is 2.18. The van der Waals surface area contributed by atoms with E-state index in [-0.39, 0.29) is 0 Å². The minimum atomic E-state index is 0.630. The van der Waals surface area contributed by atoms with Crippen LogP contribution in [0.15, 0.2) is 41.1 Å². The lowest BCUT2D eigenvalue weighted by atomic mass is 10.1. The molecule has 0 saturated carbocycles. The highest BCUT2D eigenvalue weighted by Crippen LogP contribution is 2.27. The SMILES string of the molecule is Cc1ccc(C)c2oc(-c3cccnc3)nc12. The molecule has 2 aromatic heterocycles. The Labute approximate surface area is 99.1 Å². The van der Waals surface area contributed by atoms with Crippen LogP contribution >= 0.6 is 0 Å². The number of nitrogens with zero attached hydrogens (tertiary/aromatic N) is 2. The van der Waals surface area contributed by atoms with E-state index in [0.717, 1.165) is 27.8 Å². The quantitative estimate of drug-likeness (QED) is 0.635. The van der Waals surface area contributed by atoms with Crippen molar-refractivity contribution in [2.45, 2.75) is 13.8 Å². The predicted octanol–water partition coefficient (Wildman–Crippen LogP) is 3.51. The molecule has 3 heteroatoms. The summed E-state index contributed by atoms with van der Waals surface area (Å²) in [6.45, 7) is 4.07. The highest BCUT2D eigenvalue weighted by molar-refractivity contribution is 5.82. The van der Waals surface area contributed by atoms with E-state index in [4.69, 9.17) is 4.42 Å². The van der Waals surface area contributed by atoms with Crippen molar-refractivity contribution in [1.29, 1.82) is 0 Å². The third-order valence-electron chi connectivity index (χ3n) is 2.85. The Morgan fingerprint density at radius 3 is 2.59 bits per heavy atom. The molecule has 0 unspecified atom stereocenters. The number of benzene rings is 1. The van der Waals surface area contributed by atoms with E-state index in [0.29, 0.717) is 5.89 Å². The maximum absolute atomic E-state index is 5.81. The van der Waals surface area contributed by atoms with Crippen molar-refractivity contribution in [1.82, 2.24) is 9.97 Å². The number of aromatic nitrogens is 2. The monoisotopic (exact) mass is 224 g/mol. The minimum Gasteiger partial charge on any atom is -0.436 e. The highest BCUT2D eigenvalue weighted by Gasteiger charge is 2.11. The summed E-state index contributed by atoms with van der Waals surface area (Å²) in [6, 6.07) is 7.94. The van der Waals surface area contributed by atoms with E-state index in [1.165, 1.54) is 0 Å². The van der Waals surface area contributed by atoms with Crippen LogP contribution in [0, 0.1) is 13.8 Å². The number of rotatable bonds is 1. The first-order valence-electron chi connectivity index (χ1n) is 5.53. The topological polar surface area (TPSA) is 38.9 Å². The zero-order valence-corrected chi connectivity index (χ0v) is 9.77. The van der Waals surface area contributed by atoms with Gasteiger partial charge in [-0.2, -0.15) is 0 Å². The Balaban J connectivity index is 2.27. The highest BCUT2D eigenvalue weighted by atomic mass is 16.3. The van der Waals surface area contributed by atoms with Gasteiger partial charge in [-0.1, -0.05) is 12.1 Å². The zero-order chi connectivity index (χ0) is 11.8. The summed E-state index contributed by atoms with van der Waals surface area (Å²) in [5, 5.41) is 0. The molecule has 3 aromatic rings. The number of aryl methyl sites for hydroxylation is 2. The van der Waals surface area contributed by atoms with Crippen LogP contribution in [-0.2, 0) is 0 Å². The smallest absolute Gasteiger partial charge is 0.228 e. The molecule has 2 heterocycles. The average Bonchev–Trinajstić information content (AvgIpc) is 2.81. The van der Waals surface area contributed by atoms with Crippen LogP contribution < -0.4 is 0 Å². The Morgan fingerprint density at radius 2 is 1.88 bits per heavy atom. The van der Waals surface area contributed by atoms with Crippen LogP contribution in [0.3, 0.4) is 0 Å². The summed E-state index contributed by atoms with van der Waals surface area (Å²) in [5.74, 6) is 0.630. The molecule has 0 saturated heterocycles. The first-order chi connectivity index (χ1) is 8.25. The summed E-state index contributed by atoms with van der Waals surface area (Å²) >= 11 is 0. The van der Waals surface area contributed by atoms with Gasteiger partial charge in [0.2, 0.25) is 5.89 Å². The van der Waals surface area contributed by atoms with Gasteiger partial charge in [-0.05, 0) is 37.1 Å². The Bertz CT molecular complexity index is 632. The summed E-state index contributed by atoms with van der Waals surface area (Å²) in [5.41, 5.74) is 4.94. The summed E-state index contributed by atoms with van der Waals surface area (Å²) in [6.07, 6.45) is 3.50. The summed E-state index contributed by atoms with van der Waals surface area (Å²) < 4.78 is 5.81. The lowest BCUT2D eigenvalue weighted by Crippen LogP contribution is -1.80. The second kappa shape index (κ2) is 3.70. The molecule has 0 bridgehead atoms. The molecular weight excluding hydrogens is 212 g/mol. The van der Waals surface area contributed by atoms with Gasteiger partial charge in [0.15, 0.2) is 5.58 Å². The first-order valence-corrected chi connectivity index (χ1v) is 5.53. The van der Waals surface area contributed by atoms with Crippen molar-refractivity contribution in [3.8, 4) is 11.5 Å². The Hall–Kier alpha value is -2.16.